The van der Waals surface area contributed by atoms with Gasteiger partial charge in [-0.3, -0.25) is 10.1 Å². The molecule has 0 saturated carbocycles. The Labute approximate surface area is 114 Å². The molecule has 0 radical (unpaired) electrons. The van der Waals surface area contributed by atoms with Crippen molar-refractivity contribution in [3.63, 3.8) is 0 Å². The lowest BCUT2D eigenvalue weighted by Gasteiger charge is -2.09. The summed E-state index contributed by atoms with van der Waals surface area (Å²) < 4.78 is 11.5. The minimum Gasteiger partial charge on any atom is -0.490 e. The molecule has 0 aliphatic carbocycles. The van der Waals surface area contributed by atoms with Gasteiger partial charge in [0.25, 0.3) is 5.69 Å². The maximum absolute atomic E-state index is 10.6. The van der Waals surface area contributed by atoms with E-state index in [9.17, 15) is 10.1 Å². The molecule has 0 unspecified atom stereocenters. The van der Waals surface area contributed by atoms with Gasteiger partial charge in [-0.15, -0.1) is 0 Å². The van der Waals surface area contributed by atoms with E-state index in [-0.39, 0.29) is 5.69 Å². The van der Waals surface area contributed by atoms with Gasteiger partial charge in [0, 0.05) is 12.7 Å². The standard InChI is InChI=1S/C12H16BrNO4/c1-9(2)8-17-5-6-18-12-7-10(14(15)16)3-4-11(12)13/h3-4,7,9H,5-6,8H2,1-2H3. The van der Waals surface area contributed by atoms with Crippen LogP contribution in [-0.2, 0) is 4.74 Å². The number of rotatable bonds is 7. The molecule has 1 aromatic carbocycles. The van der Waals surface area contributed by atoms with E-state index in [2.05, 4.69) is 29.8 Å². The van der Waals surface area contributed by atoms with E-state index < -0.39 is 4.92 Å². The quantitative estimate of drug-likeness (QED) is 0.439. The van der Waals surface area contributed by atoms with E-state index in [4.69, 9.17) is 9.47 Å². The first kappa shape index (κ1) is 14.9. The van der Waals surface area contributed by atoms with E-state index in [0.29, 0.717) is 36.0 Å². The Morgan fingerprint density at radius 1 is 1.39 bits per heavy atom. The zero-order chi connectivity index (χ0) is 13.5. The predicted molar refractivity (Wildman–Crippen MR) is 71.9 cm³/mol. The molecule has 0 aliphatic rings. The highest BCUT2D eigenvalue weighted by Crippen LogP contribution is 2.29. The first-order valence-corrected chi connectivity index (χ1v) is 6.44. The molecule has 0 heterocycles. The summed E-state index contributed by atoms with van der Waals surface area (Å²) >= 11 is 3.28. The summed E-state index contributed by atoms with van der Waals surface area (Å²) in [6.07, 6.45) is 0. The number of non-ortho nitro benzene ring substituents is 1. The van der Waals surface area contributed by atoms with Gasteiger partial charge in [0.2, 0.25) is 0 Å². The van der Waals surface area contributed by atoms with Crippen LogP contribution < -0.4 is 4.74 Å². The van der Waals surface area contributed by atoms with Crippen molar-refractivity contribution in [1.29, 1.82) is 0 Å². The van der Waals surface area contributed by atoms with Crippen molar-refractivity contribution in [3.05, 3.63) is 32.8 Å². The van der Waals surface area contributed by atoms with Gasteiger partial charge >= 0.3 is 0 Å². The van der Waals surface area contributed by atoms with Gasteiger partial charge in [-0.2, -0.15) is 0 Å². The highest BCUT2D eigenvalue weighted by atomic mass is 79.9. The Hall–Kier alpha value is -1.14. The van der Waals surface area contributed by atoms with Crippen molar-refractivity contribution < 1.29 is 14.4 Å². The molecule has 5 nitrogen and oxygen atoms in total. The van der Waals surface area contributed by atoms with Crippen molar-refractivity contribution in [1.82, 2.24) is 0 Å². The second-order valence-corrected chi connectivity index (χ2v) is 5.04. The predicted octanol–water partition coefficient (Wildman–Crippen LogP) is 3.41. The second-order valence-electron chi connectivity index (χ2n) is 4.19. The van der Waals surface area contributed by atoms with E-state index in [1.807, 2.05) is 0 Å². The van der Waals surface area contributed by atoms with Crippen molar-refractivity contribution in [2.45, 2.75) is 13.8 Å². The molecular formula is C12H16BrNO4. The van der Waals surface area contributed by atoms with Crippen molar-refractivity contribution in [2.24, 2.45) is 5.92 Å². The molecule has 0 bridgehead atoms. The van der Waals surface area contributed by atoms with Crippen molar-refractivity contribution in [3.8, 4) is 5.75 Å². The Morgan fingerprint density at radius 3 is 2.72 bits per heavy atom. The molecule has 0 aliphatic heterocycles. The van der Waals surface area contributed by atoms with E-state index in [1.165, 1.54) is 12.1 Å². The Kier molecular flexibility index (Phi) is 6.07. The van der Waals surface area contributed by atoms with Crippen LogP contribution in [0.4, 0.5) is 5.69 Å². The Morgan fingerprint density at radius 2 is 2.11 bits per heavy atom. The lowest BCUT2D eigenvalue weighted by molar-refractivity contribution is -0.385. The maximum Gasteiger partial charge on any atom is 0.273 e. The zero-order valence-corrected chi connectivity index (χ0v) is 12.0. The highest BCUT2D eigenvalue weighted by molar-refractivity contribution is 9.10. The molecule has 0 aromatic heterocycles. The third-order valence-electron chi connectivity index (χ3n) is 2.06. The molecule has 1 aromatic rings. The van der Waals surface area contributed by atoms with Crippen LogP contribution in [0.3, 0.4) is 0 Å². The second kappa shape index (κ2) is 7.33. The number of ether oxygens (including phenoxy) is 2. The Balaban J connectivity index is 2.46. The van der Waals surface area contributed by atoms with Crippen LogP contribution in [0.1, 0.15) is 13.8 Å². The summed E-state index contributed by atoms with van der Waals surface area (Å²) in [5, 5.41) is 10.6. The van der Waals surface area contributed by atoms with E-state index in [0.717, 1.165) is 0 Å². The van der Waals surface area contributed by atoms with E-state index >= 15 is 0 Å². The summed E-state index contributed by atoms with van der Waals surface area (Å²) in [6, 6.07) is 4.42. The number of nitro benzene ring substituents is 1. The average molecular weight is 318 g/mol. The molecule has 18 heavy (non-hydrogen) atoms. The Bertz CT molecular complexity index is 409. The number of hydrogen-bond acceptors (Lipinski definition) is 4. The number of halogens is 1. The van der Waals surface area contributed by atoms with Gasteiger partial charge in [-0.05, 0) is 27.9 Å². The first-order chi connectivity index (χ1) is 8.50. The van der Waals surface area contributed by atoms with Gasteiger partial charge < -0.3 is 9.47 Å². The summed E-state index contributed by atoms with van der Waals surface area (Å²) in [6.45, 7) is 5.65. The number of benzene rings is 1. The normalized spacial score (nSPS) is 10.7. The fourth-order valence-electron chi connectivity index (χ4n) is 1.25. The lowest BCUT2D eigenvalue weighted by atomic mass is 10.2. The molecule has 0 atom stereocenters. The molecule has 6 heteroatoms. The van der Waals surface area contributed by atoms with Crippen LogP contribution in [0.5, 0.6) is 5.75 Å². The van der Waals surface area contributed by atoms with E-state index in [1.54, 1.807) is 6.07 Å². The number of hydrogen-bond donors (Lipinski definition) is 0. The molecular weight excluding hydrogens is 302 g/mol. The largest absolute Gasteiger partial charge is 0.490 e. The topological polar surface area (TPSA) is 61.6 Å². The third kappa shape index (κ3) is 5.01. The maximum atomic E-state index is 10.6. The number of nitrogens with zero attached hydrogens (tertiary/aromatic N) is 1. The van der Waals surface area contributed by atoms with Crippen LogP contribution in [0.2, 0.25) is 0 Å². The van der Waals surface area contributed by atoms with Gasteiger partial charge in [-0.25, -0.2) is 0 Å². The molecule has 100 valence electrons. The van der Waals surface area contributed by atoms with Crippen molar-refractivity contribution >= 4 is 21.6 Å². The van der Waals surface area contributed by atoms with Crippen LogP contribution in [-0.4, -0.2) is 24.7 Å². The average Bonchev–Trinajstić information content (AvgIpc) is 2.30. The zero-order valence-electron chi connectivity index (χ0n) is 10.4. The molecule has 0 saturated heterocycles. The minimum absolute atomic E-state index is 0.0105. The molecule has 0 fully saturated rings. The molecule has 0 amide bonds. The smallest absolute Gasteiger partial charge is 0.273 e. The summed E-state index contributed by atoms with van der Waals surface area (Å²) in [7, 11) is 0. The van der Waals surface area contributed by atoms with Crippen LogP contribution >= 0.6 is 15.9 Å². The van der Waals surface area contributed by atoms with Gasteiger partial charge in [0.05, 0.1) is 22.1 Å². The van der Waals surface area contributed by atoms with Gasteiger partial charge in [0.1, 0.15) is 12.4 Å². The van der Waals surface area contributed by atoms with Crippen LogP contribution in [0.25, 0.3) is 0 Å². The summed E-state index contributed by atoms with van der Waals surface area (Å²) in [5.74, 6) is 0.937. The fourth-order valence-corrected chi connectivity index (χ4v) is 1.61. The van der Waals surface area contributed by atoms with Gasteiger partial charge in [0.15, 0.2) is 0 Å². The third-order valence-corrected chi connectivity index (χ3v) is 2.72. The fraction of sp³-hybridized carbons (Fsp3) is 0.500. The number of nitro groups is 1. The molecule has 0 N–H and O–H groups in total. The van der Waals surface area contributed by atoms with Gasteiger partial charge in [-0.1, -0.05) is 13.8 Å². The van der Waals surface area contributed by atoms with Crippen molar-refractivity contribution in [2.75, 3.05) is 19.8 Å². The highest BCUT2D eigenvalue weighted by Gasteiger charge is 2.10. The lowest BCUT2D eigenvalue weighted by Crippen LogP contribution is -2.10. The SMILES string of the molecule is CC(C)COCCOc1cc([N+](=O)[O-])ccc1Br. The molecule has 0 spiro atoms. The molecule has 1 rings (SSSR count). The summed E-state index contributed by atoms with van der Waals surface area (Å²) in [4.78, 5) is 10.2. The van der Waals surface area contributed by atoms with Crippen LogP contribution in [0.15, 0.2) is 22.7 Å². The first-order valence-electron chi connectivity index (χ1n) is 5.65. The van der Waals surface area contributed by atoms with Crippen LogP contribution in [0, 0.1) is 16.0 Å². The minimum atomic E-state index is -0.450. The monoisotopic (exact) mass is 317 g/mol. The summed E-state index contributed by atoms with van der Waals surface area (Å²) in [5.41, 5.74) is 0.0105.